The zero-order valence-corrected chi connectivity index (χ0v) is 13.4. The van der Waals surface area contributed by atoms with Gasteiger partial charge in [0.2, 0.25) is 5.91 Å². The second-order valence-corrected chi connectivity index (χ2v) is 6.11. The van der Waals surface area contributed by atoms with Crippen LogP contribution in [0, 0.1) is 12.8 Å². The molecule has 1 aliphatic rings. The predicted octanol–water partition coefficient (Wildman–Crippen LogP) is 4.40. The van der Waals surface area contributed by atoms with Crippen molar-refractivity contribution in [3.8, 4) is 5.75 Å². The van der Waals surface area contributed by atoms with Gasteiger partial charge >= 0.3 is 0 Å². The summed E-state index contributed by atoms with van der Waals surface area (Å²) in [7, 11) is 1.63. The maximum Gasteiger partial charge on any atom is 0.228 e. The third-order valence-electron chi connectivity index (χ3n) is 4.12. The van der Waals surface area contributed by atoms with Crippen LogP contribution in [0.4, 0.5) is 5.69 Å². The SMILES string of the molecule is COc1ccc(NC(=O)[C@@H]2C[C@@H]2c2ccc(Cl)cc2)c(C)c1. The number of aryl methyl sites for hydroxylation is 1. The number of hydrogen-bond donors (Lipinski definition) is 1. The molecule has 2 aromatic carbocycles. The zero-order valence-electron chi connectivity index (χ0n) is 12.6. The van der Waals surface area contributed by atoms with E-state index < -0.39 is 0 Å². The van der Waals surface area contributed by atoms with Crippen molar-refractivity contribution in [3.63, 3.8) is 0 Å². The molecular formula is C18H18ClNO2. The number of carbonyl (C=O) groups is 1. The molecule has 1 fully saturated rings. The Morgan fingerprint density at radius 3 is 2.59 bits per heavy atom. The smallest absolute Gasteiger partial charge is 0.228 e. The van der Waals surface area contributed by atoms with Crippen molar-refractivity contribution in [1.82, 2.24) is 0 Å². The number of carbonyl (C=O) groups excluding carboxylic acids is 1. The average Bonchev–Trinajstić information content (AvgIpc) is 3.30. The Balaban J connectivity index is 1.65. The number of ether oxygens (including phenoxy) is 1. The molecule has 0 spiro atoms. The maximum atomic E-state index is 12.4. The van der Waals surface area contributed by atoms with Gasteiger partial charge in [-0.15, -0.1) is 0 Å². The first-order chi connectivity index (χ1) is 10.6. The fourth-order valence-electron chi connectivity index (χ4n) is 2.69. The van der Waals surface area contributed by atoms with E-state index in [9.17, 15) is 4.79 Å². The van der Waals surface area contributed by atoms with Crippen molar-refractivity contribution in [3.05, 3.63) is 58.6 Å². The molecule has 0 unspecified atom stereocenters. The molecule has 3 rings (SSSR count). The lowest BCUT2D eigenvalue weighted by Crippen LogP contribution is -2.15. The normalized spacial score (nSPS) is 19.6. The van der Waals surface area contributed by atoms with Gasteiger partial charge in [0, 0.05) is 16.6 Å². The summed E-state index contributed by atoms with van der Waals surface area (Å²) in [6.07, 6.45) is 0.892. The summed E-state index contributed by atoms with van der Waals surface area (Å²) >= 11 is 5.90. The molecule has 2 aromatic rings. The second-order valence-electron chi connectivity index (χ2n) is 5.67. The summed E-state index contributed by atoms with van der Waals surface area (Å²) in [6, 6.07) is 13.4. The summed E-state index contributed by atoms with van der Waals surface area (Å²) < 4.78 is 5.18. The lowest BCUT2D eigenvalue weighted by molar-refractivity contribution is -0.117. The fraction of sp³-hybridized carbons (Fsp3) is 0.278. The number of hydrogen-bond acceptors (Lipinski definition) is 2. The highest BCUT2D eigenvalue weighted by molar-refractivity contribution is 6.30. The first-order valence-corrected chi connectivity index (χ1v) is 7.67. The highest BCUT2D eigenvalue weighted by atomic mass is 35.5. The molecule has 0 saturated heterocycles. The Morgan fingerprint density at radius 1 is 1.23 bits per heavy atom. The Kier molecular flexibility index (Phi) is 4.08. The summed E-state index contributed by atoms with van der Waals surface area (Å²) in [6.45, 7) is 1.96. The van der Waals surface area contributed by atoms with E-state index in [1.165, 1.54) is 5.56 Å². The van der Waals surface area contributed by atoms with Gasteiger partial charge in [-0.2, -0.15) is 0 Å². The fourth-order valence-corrected chi connectivity index (χ4v) is 2.82. The molecule has 0 aromatic heterocycles. The molecule has 2 atom stereocenters. The average molecular weight is 316 g/mol. The quantitative estimate of drug-likeness (QED) is 0.908. The molecule has 1 saturated carbocycles. The van der Waals surface area contributed by atoms with E-state index in [4.69, 9.17) is 16.3 Å². The molecule has 1 aliphatic carbocycles. The predicted molar refractivity (Wildman–Crippen MR) is 88.7 cm³/mol. The van der Waals surface area contributed by atoms with Crippen LogP contribution in [0.2, 0.25) is 5.02 Å². The Labute approximate surface area is 135 Å². The van der Waals surface area contributed by atoms with Crippen molar-refractivity contribution in [2.45, 2.75) is 19.3 Å². The minimum Gasteiger partial charge on any atom is -0.497 e. The number of nitrogens with one attached hydrogen (secondary N) is 1. The van der Waals surface area contributed by atoms with Crippen LogP contribution in [0.25, 0.3) is 0 Å². The van der Waals surface area contributed by atoms with E-state index in [-0.39, 0.29) is 11.8 Å². The van der Waals surface area contributed by atoms with E-state index in [1.807, 2.05) is 49.4 Å². The third-order valence-corrected chi connectivity index (χ3v) is 4.37. The number of anilines is 1. The maximum absolute atomic E-state index is 12.4. The van der Waals surface area contributed by atoms with Crippen molar-refractivity contribution in [2.24, 2.45) is 5.92 Å². The molecule has 22 heavy (non-hydrogen) atoms. The molecular weight excluding hydrogens is 298 g/mol. The number of benzene rings is 2. The topological polar surface area (TPSA) is 38.3 Å². The van der Waals surface area contributed by atoms with Gasteiger partial charge in [0.25, 0.3) is 0 Å². The van der Waals surface area contributed by atoms with Crippen molar-refractivity contribution in [1.29, 1.82) is 0 Å². The molecule has 0 aliphatic heterocycles. The molecule has 4 heteroatoms. The van der Waals surface area contributed by atoms with Crippen LogP contribution in [-0.2, 0) is 4.79 Å². The number of halogens is 1. The van der Waals surface area contributed by atoms with Crippen LogP contribution < -0.4 is 10.1 Å². The van der Waals surface area contributed by atoms with Gasteiger partial charge in [0.1, 0.15) is 5.75 Å². The summed E-state index contributed by atoms with van der Waals surface area (Å²) in [5, 5.41) is 3.74. The lowest BCUT2D eigenvalue weighted by Gasteiger charge is -2.10. The Morgan fingerprint density at radius 2 is 1.95 bits per heavy atom. The van der Waals surface area contributed by atoms with E-state index >= 15 is 0 Å². The largest absolute Gasteiger partial charge is 0.497 e. The van der Waals surface area contributed by atoms with Gasteiger partial charge in [0.05, 0.1) is 7.11 Å². The summed E-state index contributed by atoms with van der Waals surface area (Å²) in [5.74, 6) is 1.22. The first kappa shape index (κ1) is 14.9. The van der Waals surface area contributed by atoms with Crippen LogP contribution in [0.15, 0.2) is 42.5 Å². The zero-order chi connectivity index (χ0) is 15.7. The van der Waals surface area contributed by atoms with Gasteiger partial charge in [0.15, 0.2) is 0 Å². The standard InChI is InChI=1S/C18H18ClNO2/c1-11-9-14(22-2)7-8-17(11)20-18(21)16-10-15(16)12-3-5-13(19)6-4-12/h3-9,15-16H,10H2,1-2H3,(H,20,21)/t15-,16-/m1/s1. The van der Waals surface area contributed by atoms with Gasteiger partial charge in [-0.25, -0.2) is 0 Å². The highest BCUT2D eigenvalue weighted by Crippen LogP contribution is 2.48. The molecule has 0 radical (unpaired) electrons. The number of rotatable bonds is 4. The minimum atomic E-state index is 0.0441. The van der Waals surface area contributed by atoms with Crippen molar-refractivity contribution in [2.75, 3.05) is 12.4 Å². The van der Waals surface area contributed by atoms with Crippen LogP contribution in [0.1, 0.15) is 23.5 Å². The van der Waals surface area contributed by atoms with Crippen LogP contribution in [0.3, 0.4) is 0 Å². The third kappa shape index (κ3) is 3.09. The monoisotopic (exact) mass is 315 g/mol. The van der Waals surface area contributed by atoms with Gasteiger partial charge in [-0.3, -0.25) is 4.79 Å². The number of amides is 1. The van der Waals surface area contributed by atoms with Crippen molar-refractivity contribution < 1.29 is 9.53 Å². The van der Waals surface area contributed by atoms with Crippen molar-refractivity contribution >= 4 is 23.2 Å². The molecule has 0 heterocycles. The Bertz CT molecular complexity index is 697. The van der Waals surface area contributed by atoms with Gasteiger partial charge < -0.3 is 10.1 Å². The molecule has 3 nitrogen and oxygen atoms in total. The van der Waals surface area contributed by atoms with E-state index in [0.29, 0.717) is 5.92 Å². The first-order valence-electron chi connectivity index (χ1n) is 7.29. The van der Waals surface area contributed by atoms with Crippen LogP contribution in [0.5, 0.6) is 5.75 Å². The van der Waals surface area contributed by atoms with Gasteiger partial charge in [-0.1, -0.05) is 23.7 Å². The molecule has 0 bridgehead atoms. The van der Waals surface area contributed by atoms with E-state index in [0.717, 1.165) is 28.4 Å². The van der Waals surface area contributed by atoms with Gasteiger partial charge in [-0.05, 0) is 60.7 Å². The Hall–Kier alpha value is -2.00. The molecule has 114 valence electrons. The number of methoxy groups -OCH3 is 1. The molecule has 1 N–H and O–H groups in total. The van der Waals surface area contributed by atoms with Crippen LogP contribution in [-0.4, -0.2) is 13.0 Å². The minimum absolute atomic E-state index is 0.0441. The summed E-state index contributed by atoms with van der Waals surface area (Å²) in [4.78, 5) is 12.4. The van der Waals surface area contributed by atoms with Crippen LogP contribution >= 0.6 is 11.6 Å². The second kappa shape index (κ2) is 6.01. The lowest BCUT2D eigenvalue weighted by atomic mass is 10.1. The van der Waals surface area contributed by atoms with E-state index in [2.05, 4.69) is 5.32 Å². The molecule has 1 amide bonds. The highest BCUT2D eigenvalue weighted by Gasteiger charge is 2.43. The summed E-state index contributed by atoms with van der Waals surface area (Å²) in [5.41, 5.74) is 3.01. The van der Waals surface area contributed by atoms with E-state index in [1.54, 1.807) is 7.11 Å².